The predicted molar refractivity (Wildman–Crippen MR) is 93.3 cm³/mol. The number of hydrogen-bond acceptors (Lipinski definition) is 6. The molecular formula is C17H15ClFN3O3. The summed E-state index contributed by atoms with van der Waals surface area (Å²) >= 11 is 5.79. The third-order valence-corrected chi connectivity index (χ3v) is 3.76. The second kappa shape index (κ2) is 7.50. The predicted octanol–water partition coefficient (Wildman–Crippen LogP) is 3.90. The number of halogens is 2. The first-order valence-electron chi connectivity index (χ1n) is 7.40. The molecule has 1 heterocycles. The van der Waals surface area contributed by atoms with E-state index in [0.29, 0.717) is 29.9 Å². The van der Waals surface area contributed by atoms with Crippen LogP contribution < -0.4 is 10.1 Å². The van der Waals surface area contributed by atoms with E-state index >= 15 is 0 Å². The molecule has 0 atom stereocenters. The maximum absolute atomic E-state index is 14.1. The van der Waals surface area contributed by atoms with Crippen LogP contribution in [0.15, 0.2) is 36.7 Å². The standard InChI is InChI=1S/C17H15ClFN3O3/c1-24-5-6-25-15-8-13-10(7-14(15)23)17(21-9-20-13)22-12-4-2-3-11(18)16(12)19/h2-4,7-9,23H,5-6H2,1H3,(H,20,21,22). The highest BCUT2D eigenvalue weighted by molar-refractivity contribution is 6.31. The van der Waals surface area contributed by atoms with Gasteiger partial charge in [0.25, 0.3) is 0 Å². The zero-order chi connectivity index (χ0) is 17.8. The van der Waals surface area contributed by atoms with Crippen molar-refractivity contribution in [3.63, 3.8) is 0 Å². The van der Waals surface area contributed by atoms with Crippen LogP contribution in [0.1, 0.15) is 0 Å². The number of anilines is 2. The molecule has 6 nitrogen and oxygen atoms in total. The molecule has 0 saturated heterocycles. The van der Waals surface area contributed by atoms with E-state index in [1.165, 1.54) is 24.5 Å². The van der Waals surface area contributed by atoms with Crippen LogP contribution in [0.3, 0.4) is 0 Å². The SMILES string of the molecule is COCCOc1cc2ncnc(Nc3cccc(Cl)c3F)c2cc1O. The second-order valence-electron chi connectivity index (χ2n) is 5.13. The summed E-state index contributed by atoms with van der Waals surface area (Å²) in [6.07, 6.45) is 1.34. The lowest BCUT2D eigenvalue weighted by atomic mass is 10.2. The highest BCUT2D eigenvalue weighted by atomic mass is 35.5. The van der Waals surface area contributed by atoms with Gasteiger partial charge in [0, 0.05) is 18.6 Å². The number of nitrogens with zero attached hydrogens (tertiary/aromatic N) is 2. The maximum Gasteiger partial charge on any atom is 0.165 e. The van der Waals surface area contributed by atoms with Gasteiger partial charge in [0.2, 0.25) is 0 Å². The van der Waals surface area contributed by atoms with Crippen molar-refractivity contribution in [3.8, 4) is 11.5 Å². The molecule has 0 radical (unpaired) electrons. The van der Waals surface area contributed by atoms with E-state index in [0.717, 1.165) is 0 Å². The molecule has 130 valence electrons. The van der Waals surface area contributed by atoms with Crippen LogP contribution in [0.2, 0.25) is 5.02 Å². The van der Waals surface area contributed by atoms with Crippen LogP contribution in [0, 0.1) is 5.82 Å². The minimum absolute atomic E-state index is 0.0000354. The fourth-order valence-corrected chi connectivity index (χ4v) is 2.43. The number of aromatic nitrogens is 2. The fraction of sp³-hybridized carbons (Fsp3) is 0.176. The normalized spacial score (nSPS) is 10.8. The zero-order valence-corrected chi connectivity index (χ0v) is 14.0. The zero-order valence-electron chi connectivity index (χ0n) is 13.3. The van der Waals surface area contributed by atoms with Gasteiger partial charge >= 0.3 is 0 Å². The minimum Gasteiger partial charge on any atom is -0.504 e. The van der Waals surface area contributed by atoms with Crippen molar-refractivity contribution in [1.29, 1.82) is 0 Å². The second-order valence-corrected chi connectivity index (χ2v) is 5.53. The number of rotatable bonds is 6. The molecule has 25 heavy (non-hydrogen) atoms. The van der Waals surface area contributed by atoms with E-state index in [-0.39, 0.29) is 22.2 Å². The first kappa shape index (κ1) is 17.2. The van der Waals surface area contributed by atoms with Crippen LogP contribution in [0.25, 0.3) is 10.9 Å². The Balaban J connectivity index is 1.96. The first-order valence-corrected chi connectivity index (χ1v) is 7.78. The van der Waals surface area contributed by atoms with Gasteiger partial charge in [-0.3, -0.25) is 0 Å². The van der Waals surface area contributed by atoms with Gasteiger partial charge in [-0.1, -0.05) is 17.7 Å². The van der Waals surface area contributed by atoms with Crippen molar-refractivity contribution < 1.29 is 19.0 Å². The number of phenolic OH excluding ortho intramolecular Hbond substituents is 1. The summed E-state index contributed by atoms with van der Waals surface area (Å²) in [7, 11) is 1.56. The van der Waals surface area contributed by atoms with Crippen molar-refractivity contribution in [2.24, 2.45) is 0 Å². The van der Waals surface area contributed by atoms with Gasteiger partial charge < -0.3 is 19.9 Å². The van der Waals surface area contributed by atoms with Crippen LogP contribution >= 0.6 is 11.6 Å². The molecule has 0 spiro atoms. The maximum atomic E-state index is 14.1. The molecule has 3 rings (SSSR count). The van der Waals surface area contributed by atoms with Gasteiger partial charge in [0.1, 0.15) is 18.8 Å². The number of methoxy groups -OCH3 is 1. The Morgan fingerprint density at radius 1 is 1.24 bits per heavy atom. The Morgan fingerprint density at radius 2 is 2.08 bits per heavy atom. The lowest BCUT2D eigenvalue weighted by Gasteiger charge is -2.12. The highest BCUT2D eigenvalue weighted by Crippen LogP contribution is 2.34. The molecule has 8 heteroatoms. The van der Waals surface area contributed by atoms with Crippen molar-refractivity contribution in [3.05, 3.63) is 47.5 Å². The summed E-state index contributed by atoms with van der Waals surface area (Å²) in [5.74, 6) is -0.0410. The third-order valence-electron chi connectivity index (χ3n) is 3.47. The number of aromatic hydroxyl groups is 1. The summed E-state index contributed by atoms with van der Waals surface area (Å²) in [6, 6.07) is 7.66. The molecule has 2 aromatic carbocycles. The van der Waals surface area contributed by atoms with Crippen molar-refractivity contribution in [2.75, 3.05) is 25.6 Å². The van der Waals surface area contributed by atoms with E-state index in [4.69, 9.17) is 21.1 Å². The van der Waals surface area contributed by atoms with Gasteiger partial charge in [-0.05, 0) is 18.2 Å². The van der Waals surface area contributed by atoms with Gasteiger partial charge in [0.15, 0.2) is 17.3 Å². The Labute approximate surface area is 148 Å². The first-order chi connectivity index (χ1) is 12.1. The largest absolute Gasteiger partial charge is 0.504 e. The molecule has 3 aromatic rings. The highest BCUT2D eigenvalue weighted by Gasteiger charge is 2.13. The van der Waals surface area contributed by atoms with Crippen LogP contribution in [-0.2, 0) is 4.74 Å². The smallest absolute Gasteiger partial charge is 0.165 e. The number of fused-ring (bicyclic) bond motifs is 1. The number of nitrogens with one attached hydrogen (secondary N) is 1. The average molecular weight is 364 g/mol. The van der Waals surface area contributed by atoms with Crippen molar-refractivity contribution >= 4 is 34.0 Å². The number of benzene rings is 2. The Morgan fingerprint density at radius 3 is 2.88 bits per heavy atom. The average Bonchev–Trinajstić information content (AvgIpc) is 2.60. The lowest BCUT2D eigenvalue weighted by Crippen LogP contribution is -2.04. The monoisotopic (exact) mass is 363 g/mol. The molecule has 0 aliphatic heterocycles. The van der Waals surface area contributed by atoms with Gasteiger partial charge in [0.05, 0.1) is 22.8 Å². The molecule has 0 aliphatic rings. The van der Waals surface area contributed by atoms with Crippen LogP contribution in [-0.4, -0.2) is 35.4 Å². The number of phenols is 1. The molecule has 0 saturated carbocycles. The topological polar surface area (TPSA) is 76.5 Å². The molecule has 0 unspecified atom stereocenters. The molecule has 0 bridgehead atoms. The summed E-state index contributed by atoms with van der Waals surface area (Å²) in [4.78, 5) is 8.28. The van der Waals surface area contributed by atoms with Gasteiger partial charge in [-0.25, -0.2) is 14.4 Å². The summed E-state index contributed by atoms with van der Waals surface area (Å²) in [5.41, 5.74) is 0.706. The van der Waals surface area contributed by atoms with Crippen molar-refractivity contribution in [1.82, 2.24) is 9.97 Å². The summed E-state index contributed by atoms with van der Waals surface area (Å²) in [6.45, 7) is 0.682. The Bertz CT molecular complexity index is 908. The van der Waals surface area contributed by atoms with E-state index in [9.17, 15) is 9.50 Å². The Kier molecular flexibility index (Phi) is 5.16. The van der Waals surface area contributed by atoms with E-state index < -0.39 is 5.82 Å². The minimum atomic E-state index is -0.584. The molecule has 0 aliphatic carbocycles. The lowest BCUT2D eigenvalue weighted by molar-refractivity contribution is 0.144. The molecular weight excluding hydrogens is 349 g/mol. The quantitative estimate of drug-likeness (QED) is 0.647. The van der Waals surface area contributed by atoms with E-state index in [2.05, 4.69) is 15.3 Å². The molecule has 1 aromatic heterocycles. The molecule has 0 amide bonds. The Hall–Kier alpha value is -2.64. The van der Waals surface area contributed by atoms with Crippen LogP contribution in [0.4, 0.5) is 15.9 Å². The van der Waals surface area contributed by atoms with E-state index in [1.807, 2.05) is 0 Å². The molecule has 2 N–H and O–H groups in total. The van der Waals surface area contributed by atoms with Gasteiger partial charge in [-0.15, -0.1) is 0 Å². The number of hydrogen-bond donors (Lipinski definition) is 2. The summed E-state index contributed by atoms with van der Waals surface area (Å²) in [5, 5.41) is 13.5. The number of ether oxygens (including phenoxy) is 2. The summed E-state index contributed by atoms with van der Waals surface area (Å²) < 4.78 is 24.4. The van der Waals surface area contributed by atoms with Crippen LogP contribution in [0.5, 0.6) is 11.5 Å². The van der Waals surface area contributed by atoms with Gasteiger partial charge in [-0.2, -0.15) is 0 Å². The van der Waals surface area contributed by atoms with Crippen molar-refractivity contribution in [2.45, 2.75) is 0 Å². The third kappa shape index (κ3) is 3.72. The molecule has 0 fully saturated rings. The fourth-order valence-electron chi connectivity index (χ4n) is 2.25. The van der Waals surface area contributed by atoms with E-state index in [1.54, 1.807) is 19.2 Å².